The Kier molecular flexibility index (Phi) is 7.50. The highest BCUT2D eigenvalue weighted by Gasteiger charge is 2.15. The van der Waals surface area contributed by atoms with Crippen molar-refractivity contribution in [3.05, 3.63) is 16.1 Å². The van der Waals surface area contributed by atoms with Crippen LogP contribution in [-0.4, -0.2) is 55.6 Å². The summed E-state index contributed by atoms with van der Waals surface area (Å²) in [5.41, 5.74) is 0.763. The lowest BCUT2D eigenvalue weighted by Crippen LogP contribution is -2.39. The molecular weight excluding hydrogens is 302 g/mol. The predicted molar refractivity (Wildman–Crippen MR) is 77.9 cm³/mol. The van der Waals surface area contributed by atoms with E-state index in [1.807, 2.05) is 5.38 Å². The molecular formula is C12H18ClN3O3S. The Morgan fingerprint density at radius 1 is 1.55 bits per heavy atom. The van der Waals surface area contributed by atoms with Crippen LogP contribution in [0.1, 0.15) is 10.7 Å². The van der Waals surface area contributed by atoms with E-state index < -0.39 is 0 Å². The largest absolute Gasteiger partial charge is 0.383 e. The van der Waals surface area contributed by atoms with Crippen molar-refractivity contribution in [3.63, 3.8) is 0 Å². The summed E-state index contributed by atoms with van der Waals surface area (Å²) >= 11 is 7.05. The summed E-state index contributed by atoms with van der Waals surface area (Å²) in [7, 11) is 3.15. The Bertz CT molecular complexity index is 453. The average molecular weight is 320 g/mol. The predicted octanol–water partition coefficient (Wildman–Crippen LogP) is 0.645. The number of methoxy groups -OCH3 is 1. The van der Waals surface area contributed by atoms with Gasteiger partial charge in [0.05, 0.1) is 31.1 Å². The summed E-state index contributed by atoms with van der Waals surface area (Å²) < 4.78 is 4.82. The second-order valence-corrected chi connectivity index (χ2v) is 5.35. The highest BCUT2D eigenvalue weighted by Crippen LogP contribution is 2.12. The maximum atomic E-state index is 11.9. The van der Waals surface area contributed by atoms with Crippen LogP contribution < -0.4 is 5.32 Å². The van der Waals surface area contributed by atoms with E-state index in [2.05, 4.69) is 10.3 Å². The highest BCUT2D eigenvalue weighted by molar-refractivity contribution is 7.09. The van der Waals surface area contributed by atoms with Gasteiger partial charge in [0.1, 0.15) is 5.01 Å². The SMILES string of the molecule is COCCNC(=O)CN(C)C(=O)Cc1nc(CCl)cs1. The van der Waals surface area contributed by atoms with Gasteiger partial charge in [-0.2, -0.15) is 0 Å². The molecule has 0 saturated carbocycles. The number of hydrogen-bond acceptors (Lipinski definition) is 5. The number of carbonyl (C=O) groups excluding carboxylic acids is 2. The van der Waals surface area contributed by atoms with Crippen LogP contribution in [0, 0.1) is 0 Å². The fourth-order valence-corrected chi connectivity index (χ4v) is 2.42. The van der Waals surface area contributed by atoms with Gasteiger partial charge in [0.2, 0.25) is 11.8 Å². The Morgan fingerprint density at radius 2 is 2.30 bits per heavy atom. The molecule has 1 heterocycles. The summed E-state index contributed by atoms with van der Waals surface area (Å²) in [6.45, 7) is 0.906. The molecule has 0 aromatic carbocycles. The van der Waals surface area contributed by atoms with Gasteiger partial charge in [-0.15, -0.1) is 22.9 Å². The molecule has 0 saturated heterocycles. The minimum atomic E-state index is -0.210. The second kappa shape index (κ2) is 8.89. The van der Waals surface area contributed by atoms with Gasteiger partial charge in [-0.3, -0.25) is 9.59 Å². The lowest BCUT2D eigenvalue weighted by atomic mass is 10.3. The number of rotatable bonds is 8. The van der Waals surface area contributed by atoms with Gasteiger partial charge in [0.25, 0.3) is 0 Å². The first-order valence-corrected chi connectivity index (χ1v) is 7.47. The molecule has 0 fully saturated rings. The Hall–Kier alpha value is -1.18. The van der Waals surface area contributed by atoms with Crippen LogP contribution in [-0.2, 0) is 26.6 Å². The van der Waals surface area contributed by atoms with E-state index >= 15 is 0 Å². The first-order chi connectivity index (χ1) is 9.56. The maximum Gasteiger partial charge on any atom is 0.239 e. The molecule has 0 spiro atoms. The summed E-state index contributed by atoms with van der Waals surface area (Å²) in [6.07, 6.45) is 0.184. The minimum Gasteiger partial charge on any atom is -0.383 e. The molecule has 0 radical (unpaired) electrons. The zero-order valence-electron chi connectivity index (χ0n) is 11.5. The van der Waals surface area contributed by atoms with Crippen molar-refractivity contribution in [2.75, 3.05) is 33.9 Å². The number of nitrogens with one attached hydrogen (secondary N) is 1. The molecule has 0 bridgehead atoms. The van der Waals surface area contributed by atoms with Crippen molar-refractivity contribution >= 4 is 34.8 Å². The zero-order valence-corrected chi connectivity index (χ0v) is 13.1. The first kappa shape index (κ1) is 16.9. The van der Waals surface area contributed by atoms with Crippen molar-refractivity contribution in [3.8, 4) is 0 Å². The normalized spacial score (nSPS) is 10.3. The van der Waals surface area contributed by atoms with Gasteiger partial charge >= 0.3 is 0 Å². The Balaban J connectivity index is 2.36. The van der Waals surface area contributed by atoms with Gasteiger partial charge in [-0.1, -0.05) is 0 Å². The number of aromatic nitrogens is 1. The lowest BCUT2D eigenvalue weighted by molar-refractivity contribution is -0.134. The van der Waals surface area contributed by atoms with Crippen molar-refractivity contribution in [1.29, 1.82) is 0 Å². The summed E-state index contributed by atoms with van der Waals surface area (Å²) in [5, 5.41) is 5.19. The van der Waals surface area contributed by atoms with E-state index in [-0.39, 0.29) is 24.8 Å². The molecule has 1 rings (SSSR count). The number of carbonyl (C=O) groups is 2. The number of ether oxygens (including phenoxy) is 1. The van der Waals surface area contributed by atoms with Crippen molar-refractivity contribution in [2.24, 2.45) is 0 Å². The third-order valence-electron chi connectivity index (χ3n) is 2.47. The molecule has 0 atom stereocenters. The van der Waals surface area contributed by atoms with Crippen LogP contribution in [0.3, 0.4) is 0 Å². The van der Waals surface area contributed by atoms with Gasteiger partial charge in [0.15, 0.2) is 0 Å². The lowest BCUT2D eigenvalue weighted by Gasteiger charge is -2.16. The molecule has 1 N–H and O–H groups in total. The van der Waals surface area contributed by atoms with E-state index in [0.717, 1.165) is 5.69 Å². The van der Waals surface area contributed by atoms with E-state index in [1.165, 1.54) is 16.2 Å². The van der Waals surface area contributed by atoms with Gasteiger partial charge in [0, 0.05) is 26.1 Å². The molecule has 0 aliphatic rings. The molecule has 0 aliphatic carbocycles. The van der Waals surface area contributed by atoms with Gasteiger partial charge in [-0.25, -0.2) is 4.98 Å². The van der Waals surface area contributed by atoms with Crippen molar-refractivity contribution in [2.45, 2.75) is 12.3 Å². The van der Waals surface area contributed by atoms with Crippen LogP contribution >= 0.6 is 22.9 Å². The number of alkyl halides is 1. The Morgan fingerprint density at radius 3 is 2.90 bits per heavy atom. The molecule has 8 heteroatoms. The maximum absolute atomic E-state index is 11.9. The number of halogens is 1. The molecule has 1 aromatic heterocycles. The van der Waals surface area contributed by atoms with Crippen LogP contribution in [0.5, 0.6) is 0 Å². The first-order valence-electron chi connectivity index (χ1n) is 6.05. The zero-order chi connectivity index (χ0) is 15.0. The molecule has 112 valence electrons. The standard InChI is InChI=1S/C12H18ClN3O3S/c1-16(7-10(17)14-3-4-19-2)12(18)5-11-15-9(6-13)8-20-11/h8H,3-7H2,1-2H3,(H,14,17). The quantitative estimate of drug-likeness (QED) is 0.564. The molecule has 20 heavy (non-hydrogen) atoms. The number of hydrogen-bond donors (Lipinski definition) is 1. The summed E-state index contributed by atoms with van der Waals surface area (Å²) in [4.78, 5) is 29.1. The smallest absolute Gasteiger partial charge is 0.239 e. The summed E-state index contributed by atoms with van der Waals surface area (Å²) in [5.74, 6) is -0.0246. The number of likely N-dealkylation sites (N-methyl/N-ethyl adjacent to an activating group) is 1. The molecule has 0 aliphatic heterocycles. The van der Waals surface area contributed by atoms with Crippen molar-refractivity contribution < 1.29 is 14.3 Å². The second-order valence-electron chi connectivity index (χ2n) is 4.14. The minimum absolute atomic E-state index is 0.0241. The van der Waals surface area contributed by atoms with Crippen LogP contribution in [0.2, 0.25) is 0 Å². The van der Waals surface area contributed by atoms with E-state index in [0.29, 0.717) is 24.0 Å². The number of amides is 2. The van der Waals surface area contributed by atoms with E-state index in [1.54, 1.807) is 14.2 Å². The molecule has 6 nitrogen and oxygen atoms in total. The Labute approximate surface area is 127 Å². The highest BCUT2D eigenvalue weighted by atomic mass is 35.5. The fourth-order valence-electron chi connectivity index (χ4n) is 1.41. The van der Waals surface area contributed by atoms with Crippen LogP contribution in [0.25, 0.3) is 0 Å². The third-order valence-corrected chi connectivity index (χ3v) is 3.65. The topological polar surface area (TPSA) is 71.5 Å². The fraction of sp³-hybridized carbons (Fsp3) is 0.583. The van der Waals surface area contributed by atoms with Crippen LogP contribution in [0.4, 0.5) is 0 Å². The molecule has 1 aromatic rings. The molecule has 2 amide bonds. The molecule has 0 unspecified atom stereocenters. The average Bonchev–Trinajstić information content (AvgIpc) is 2.86. The van der Waals surface area contributed by atoms with Crippen molar-refractivity contribution in [1.82, 2.24) is 15.2 Å². The van der Waals surface area contributed by atoms with E-state index in [9.17, 15) is 9.59 Å². The van der Waals surface area contributed by atoms with Crippen LogP contribution in [0.15, 0.2) is 5.38 Å². The van der Waals surface area contributed by atoms with Gasteiger partial charge < -0.3 is 15.0 Å². The number of thiazole rings is 1. The monoisotopic (exact) mass is 319 g/mol. The number of nitrogens with zero attached hydrogens (tertiary/aromatic N) is 2. The third kappa shape index (κ3) is 5.85. The van der Waals surface area contributed by atoms with E-state index in [4.69, 9.17) is 16.3 Å². The summed E-state index contributed by atoms with van der Waals surface area (Å²) in [6, 6.07) is 0. The van der Waals surface area contributed by atoms with Gasteiger partial charge in [-0.05, 0) is 0 Å².